The van der Waals surface area contributed by atoms with Gasteiger partial charge in [-0.05, 0) is 60.4 Å². The lowest BCUT2D eigenvalue weighted by Crippen LogP contribution is -2.32. The summed E-state index contributed by atoms with van der Waals surface area (Å²) in [7, 11) is 3.18. The smallest absolute Gasteiger partial charge is 0.278 e. The normalized spacial score (nSPS) is 13.5. The molecule has 6 nitrogen and oxygen atoms in total. The van der Waals surface area contributed by atoms with Gasteiger partial charge in [0.1, 0.15) is 17.2 Å². The molecule has 1 heterocycles. The van der Waals surface area contributed by atoms with Gasteiger partial charge in [0.05, 0.1) is 26.3 Å². The number of benzene rings is 3. The van der Waals surface area contributed by atoms with Gasteiger partial charge in [-0.3, -0.25) is 14.5 Å². The molecule has 0 bridgehead atoms. The molecule has 0 saturated heterocycles. The average Bonchev–Trinajstić information content (AvgIpc) is 3.05. The Morgan fingerprint density at radius 2 is 1.52 bits per heavy atom. The first kappa shape index (κ1) is 22.1. The third-order valence-electron chi connectivity index (χ3n) is 5.80. The van der Waals surface area contributed by atoms with Gasteiger partial charge >= 0.3 is 0 Å². The van der Waals surface area contributed by atoms with E-state index < -0.39 is 0 Å². The summed E-state index contributed by atoms with van der Waals surface area (Å²) < 4.78 is 10.5. The monoisotopic (exact) mass is 442 g/mol. The van der Waals surface area contributed by atoms with Crippen LogP contribution in [0.5, 0.6) is 11.5 Å². The SMILES string of the molecule is COc1ccc(CN2C(=O)C(Nc3cccc(OC)c3)=C(c3ccc(C)c(C)c3)C2=O)cc1. The Hall–Kier alpha value is -4.06. The van der Waals surface area contributed by atoms with Gasteiger partial charge in [-0.1, -0.05) is 36.4 Å². The van der Waals surface area contributed by atoms with Gasteiger partial charge in [0.25, 0.3) is 11.8 Å². The highest BCUT2D eigenvalue weighted by molar-refractivity contribution is 6.36. The Kier molecular flexibility index (Phi) is 6.18. The summed E-state index contributed by atoms with van der Waals surface area (Å²) in [6.45, 7) is 4.17. The second kappa shape index (κ2) is 9.20. The predicted molar refractivity (Wildman–Crippen MR) is 128 cm³/mol. The van der Waals surface area contributed by atoms with Crippen LogP contribution in [0, 0.1) is 13.8 Å². The Morgan fingerprint density at radius 3 is 2.18 bits per heavy atom. The Balaban J connectivity index is 1.73. The van der Waals surface area contributed by atoms with Gasteiger partial charge in [0.15, 0.2) is 0 Å². The van der Waals surface area contributed by atoms with Crippen LogP contribution in [0.3, 0.4) is 0 Å². The lowest BCUT2D eigenvalue weighted by Gasteiger charge is -2.16. The first-order valence-corrected chi connectivity index (χ1v) is 10.6. The van der Waals surface area contributed by atoms with Crippen molar-refractivity contribution in [3.8, 4) is 11.5 Å². The number of methoxy groups -OCH3 is 2. The van der Waals surface area contributed by atoms with Crippen molar-refractivity contribution in [1.29, 1.82) is 0 Å². The van der Waals surface area contributed by atoms with Crippen molar-refractivity contribution in [2.45, 2.75) is 20.4 Å². The molecule has 3 aromatic carbocycles. The standard InChI is InChI=1S/C27H26N2O4/c1-17-8-11-20(14-18(17)2)24-25(28-21-6-5-7-23(15-21)33-4)27(31)29(26(24)30)16-19-9-12-22(32-3)13-10-19/h5-15,28H,16H2,1-4H3. The zero-order valence-electron chi connectivity index (χ0n) is 19.1. The van der Waals surface area contributed by atoms with Crippen molar-refractivity contribution < 1.29 is 19.1 Å². The van der Waals surface area contributed by atoms with Gasteiger partial charge in [-0.15, -0.1) is 0 Å². The number of amides is 2. The molecule has 3 aromatic rings. The summed E-state index contributed by atoms with van der Waals surface area (Å²) in [5.41, 5.74) is 4.99. The van der Waals surface area contributed by atoms with E-state index in [-0.39, 0.29) is 24.1 Å². The van der Waals surface area contributed by atoms with Crippen LogP contribution < -0.4 is 14.8 Å². The van der Waals surface area contributed by atoms with E-state index in [1.807, 2.05) is 74.5 Å². The summed E-state index contributed by atoms with van der Waals surface area (Å²) in [4.78, 5) is 28.3. The van der Waals surface area contributed by atoms with E-state index in [1.54, 1.807) is 20.3 Å². The molecule has 33 heavy (non-hydrogen) atoms. The molecule has 0 fully saturated rings. The second-order valence-electron chi connectivity index (χ2n) is 7.95. The summed E-state index contributed by atoms with van der Waals surface area (Å²) in [5, 5.41) is 3.18. The van der Waals surface area contributed by atoms with Crippen LogP contribution in [0.25, 0.3) is 5.57 Å². The Bertz CT molecular complexity index is 1250. The third kappa shape index (κ3) is 4.46. The van der Waals surface area contributed by atoms with Gasteiger partial charge in [-0.25, -0.2) is 0 Å². The molecule has 0 radical (unpaired) electrons. The van der Waals surface area contributed by atoms with E-state index in [0.29, 0.717) is 28.3 Å². The molecule has 1 aliphatic heterocycles. The topological polar surface area (TPSA) is 67.9 Å². The highest BCUT2D eigenvalue weighted by atomic mass is 16.5. The van der Waals surface area contributed by atoms with Crippen molar-refractivity contribution in [1.82, 2.24) is 4.90 Å². The molecule has 0 atom stereocenters. The first-order chi connectivity index (χ1) is 15.9. The van der Waals surface area contributed by atoms with Crippen LogP contribution in [0.1, 0.15) is 22.3 Å². The lowest BCUT2D eigenvalue weighted by molar-refractivity contribution is -0.137. The maximum absolute atomic E-state index is 13.5. The first-order valence-electron chi connectivity index (χ1n) is 10.6. The molecule has 0 saturated carbocycles. The number of carbonyl (C=O) groups excluding carboxylic acids is 2. The quantitative estimate of drug-likeness (QED) is 0.537. The number of rotatable bonds is 7. The van der Waals surface area contributed by atoms with E-state index in [2.05, 4.69) is 5.32 Å². The minimum absolute atomic E-state index is 0.166. The number of hydrogen-bond acceptors (Lipinski definition) is 5. The molecule has 1 N–H and O–H groups in total. The molecule has 168 valence electrons. The fourth-order valence-electron chi connectivity index (χ4n) is 3.76. The molecule has 0 aromatic heterocycles. The molecule has 0 unspecified atom stereocenters. The summed E-state index contributed by atoms with van der Waals surface area (Å²) in [5.74, 6) is 0.670. The summed E-state index contributed by atoms with van der Waals surface area (Å²) in [6.07, 6.45) is 0. The maximum Gasteiger partial charge on any atom is 0.278 e. The zero-order valence-corrected chi connectivity index (χ0v) is 19.1. The van der Waals surface area contributed by atoms with Gasteiger partial charge in [0, 0.05) is 11.8 Å². The van der Waals surface area contributed by atoms with Crippen molar-refractivity contribution >= 4 is 23.1 Å². The highest BCUT2D eigenvalue weighted by Crippen LogP contribution is 2.33. The highest BCUT2D eigenvalue weighted by Gasteiger charge is 2.39. The fraction of sp³-hybridized carbons (Fsp3) is 0.185. The number of ether oxygens (including phenoxy) is 2. The van der Waals surface area contributed by atoms with Gasteiger partial charge in [-0.2, -0.15) is 0 Å². The van der Waals surface area contributed by atoms with E-state index in [0.717, 1.165) is 16.7 Å². The summed E-state index contributed by atoms with van der Waals surface area (Å²) >= 11 is 0. The molecule has 1 aliphatic rings. The largest absolute Gasteiger partial charge is 0.497 e. The zero-order chi connectivity index (χ0) is 23.5. The average molecular weight is 443 g/mol. The van der Waals surface area contributed by atoms with Crippen LogP contribution >= 0.6 is 0 Å². The number of hydrogen-bond donors (Lipinski definition) is 1. The molecule has 2 amide bonds. The van der Waals surface area contributed by atoms with Crippen molar-refractivity contribution in [3.05, 3.63) is 94.7 Å². The summed E-state index contributed by atoms with van der Waals surface area (Å²) in [6, 6.07) is 20.4. The number of imide groups is 1. The van der Waals surface area contributed by atoms with E-state index >= 15 is 0 Å². The number of carbonyl (C=O) groups is 2. The Morgan fingerprint density at radius 1 is 0.788 bits per heavy atom. The third-order valence-corrected chi connectivity index (χ3v) is 5.80. The van der Waals surface area contributed by atoms with Crippen LogP contribution in [0.4, 0.5) is 5.69 Å². The number of nitrogens with zero attached hydrogens (tertiary/aromatic N) is 1. The van der Waals surface area contributed by atoms with Crippen molar-refractivity contribution in [3.63, 3.8) is 0 Å². The molecule has 4 rings (SSSR count). The van der Waals surface area contributed by atoms with E-state index in [4.69, 9.17) is 9.47 Å². The number of aryl methyl sites for hydroxylation is 2. The Labute approximate surface area is 193 Å². The van der Waals surface area contributed by atoms with E-state index in [1.165, 1.54) is 4.90 Å². The number of anilines is 1. The fourth-order valence-corrected chi connectivity index (χ4v) is 3.76. The molecule has 6 heteroatoms. The number of nitrogens with one attached hydrogen (secondary N) is 1. The molecular formula is C27H26N2O4. The predicted octanol–water partition coefficient (Wildman–Crippen LogP) is 4.71. The second-order valence-corrected chi connectivity index (χ2v) is 7.95. The lowest BCUT2D eigenvalue weighted by atomic mass is 9.99. The van der Waals surface area contributed by atoms with E-state index in [9.17, 15) is 9.59 Å². The van der Waals surface area contributed by atoms with Crippen molar-refractivity contribution in [2.75, 3.05) is 19.5 Å². The molecule has 0 spiro atoms. The van der Waals surface area contributed by atoms with Gasteiger partial charge in [0.2, 0.25) is 0 Å². The maximum atomic E-state index is 13.5. The molecular weight excluding hydrogens is 416 g/mol. The van der Waals surface area contributed by atoms with Crippen LogP contribution in [-0.4, -0.2) is 30.9 Å². The molecule has 0 aliphatic carbocycles. The van der Waals surface area contributed by atoms with Gasteiger partial charge < -0.3 is 14.8 Å². The van der Waals surface area contributed by atoms with Crippen LogP contribution in [0.15, 0.2) is 72.4 Å². The minimum atomic E-state index is -0.369. The van der Waals surface area contributed by atoms with Crippen molar-refractivity contribution in [2.24, 2.45) is 0 Å². The van der Waals surface area contributed by atoms with Crippen LogP contribution in [0.2, 0.25) is 0 Å². The van der Waals surface area contributed by atoms with Crippen LogP contribution in [-0.2, 0) is 16.1 Å². The minimum Gasteiger partial charge on any atom is -0.497 e.